The smallest absolute Gasteiger partial charge is 0.256 e. The summed E-state index contributed by atoms with van der Waals surface area (Å²) >= 11 is 0. The third-order valence-electron chi connectivity index (χ3n) is 4.61. The van der Waals surface area contributed by atoms with Gasteiger partial charge in [-0.3, -0.25) is 14.6 Å². The number of rotatable bonds is 6. The van der Waals surface area contributed by atoms with Crippen LogP contribution >= 0.6 is 0 Å². The van der Waals surface area contributed by atoms with Crippen LogP contribution in [0, 0.1) is 5.92 Å². The average molecular weight is 372 g/mol. The summed E-state index contributed by atoms with van der Waals surface area (Å²) in [5.74, 6) is 0.785. The van der Waals surface area contributed by atoms with Crippen LogP contribution in [0.5, 0.6) is 0 Å². The molecule has 0 aliphatic heterocycles. The summed E-state index contributed by atoms with van der Waals surface area (Å²) in [4.78, 5) is 33.1. The predicted molar refractivity (Wildman–Crippen MR) is 107 cm³/mol. The number of benzene rings is 1. The first-order valence-electron chi connectivity index (χ1n) is 9.26. The molecule has 2 N–H and O–H groups in total. The number of carbonyl (C=O) groups is 2. The predicted octanol–water partition coefficient (Wildman–Crippen LogP) is 3.54. The molecule has 0 spiro atoms. The van der Waals surface area contributed by atoms with Crippen LogP contribution in [0.3, 0.4) is 0 Å². The molecule has 3 aromatic rings. The van der Waals surface area contributed by atoms with Crippen molar-refractivity contribution in [2.75, 3.05) is 11.9 Å². The lowest BCUT2D eigenvalue weighted by atomic mass is 10.1. The topological polar surface area (TPSA) is 84.0 Å². The highest BCUT2D eigenvalue weighted by molar-refractivity contribution is 6.03. The van der Waals surface area contributed by atoms with Crippen molar-refractivity contribution in [2.24, 2.45) is 5.92 Å². The summed E-state index contributed by atoms with van der Waals surface area (Å²) in [6.07, 6.45) is 5.64. The SMILES string of the molecule is O=C(NCC1CC1)c1ccnc(-c2ccc(NC(=O)c3ccccc3)nc2)c1. The van der Waals surface area contributed by atoms with Crippen LogP contribution in [0.1, 0.15) is 33.6 Å². The minimum atomic E-state index is -0.215. The van der Waals surface area contributed by atoms with Crippen molar-refractivity contribution in [2.45, 2.75) is 12.8 Å². The van der Waals surface area contributed by atoms with Gasteiger partial charge in [-0.2, -0.15) is 0 Å². The Morgan fingerprint density at radius 1 is 0.929 bits per heavy atom. The fraction of sp³-hybridized carbons (Fsp3) is 0.182. The van der Waals surface area contributed by atoms with E-state index in [-0.39, 0.29) is 11.8 Å². The van der Waals surface area contributed by atoms with Crippen molar-refractivity contribution in [3.63, 3.8) is 0 Å². The molecule has 2 aromatic heterocycles. The Morgan fingerprint density at radius 2 is 1.75 bits per heavy atom. The average Bonchev–Trinajstić information content (AvgIpc) is 3.58. The van der Waals surface area contributed by atoms with Gasteiger partial charge in [0, 0.05) is 35.6 Å². The highest BCUT2D eigenvalue weighted by Crippen LogP contribution is 2.27. The highest BCUT2D eigenvalue weighted by Gasteiger charge is 2.22. The number of nitrogens with one attached hydrogen (secondary N) is 2. The molecular formula is C22H20N4O2. The van der Waals surface area contributed by atoms with Crippen molar-refractivity contribution in [1.82, 2.24) is 15.3 Å². The molecule has 1 aliphatic carbocycles. The van der Waals surface area contributed by atoms with E-state index in [1.54, 1.807) is 42.7 Å². The van der Waals surface area contributed by atoms with E-state index < -0.39 is 0 Å². The normalized spacial score (nSPS) is 13.0. The number of anilines is 1. The van der Waals surface area contributed by atoms with Crippen LogP contribution in [0.2, 0.25) is 0 Å². The van der Waals surface area contributed by atoms with Gasteiger partial charge in [0.1, 0.15) is 5.82 Å². The van der Waals surface area contributed by atoms with Crippen LogP contribution in [-0.2, 0) is 0 Å². The van der Waals surface area contributed by atoms with Crippen molar-refractivity contribution >= 4 is 17.6 Å². The highest BCUT2D eigenvalue weighted by atomic mass is 16.2. The molecular weight excluding hydrogens is 352 g/mol. The van der Waals surface area contributed by atoms with E-state index in [1.165, 1.54) is 12.8 Å². The lowest BCUT2D eigenvalue weighted by Crippen LogP contribution is -2.25. The number of hydrogen-bond acceptors (Lipinski definition) is 4. The lowest BCUT2D eigenvalue weighted by molar-refractivity contribution is 0.0951. The minimum Gasteiger partial charge on any atom is -0.352 e. The first-order chi connectivity index (χ1) is 13.7. The first kappa shape index (κ1) is 17.9. The molecule has 1 fully saturated rings. The molecule has 1 aliphatic rings. The van der Waals surface area contributed by atoms with Gasteiger partial charge < -0.3 is 10.6 Å². The van der Waals surface area contributed by atoms with Gasteiger partial charge >= 0.3 is 0 Å². The van der Waals surface area contributed by atoms with E-state index >= 15 is 0 Å². The maximum absolute atomic E-state index is 12.3. The molecule has 0 radical (unpaired) electrons. The van der Waals surface area contributed by atoms with Crippen molar-refractivity contribution in [3.8, 4) is 11.3 Å². The van der Waals surface area contributed by atoms with Gasteiger partial charge in [-0.25, -0.2) is 4.98 Å². The molecule has 2 heterocycles. The van der Waals surface area contributed by atoms with E-state index in [1.807, 2.05) is 24.3 Å². The molecule has 0 atom stereocenters. The number of aromatic nitrogens is 2. The zero-order chi connectivity index (χ0) is 19.3. The zero-order valence-electron chi connectivity index (χ0n) is 15.3. The third kappa shape index (κ3) is 4.40. The lowest BCUT2D eigenvalue weighted by Gasteiger charge is -2.07. The van der Waals surface area contributed by atoms with E-state index in [9.17, 15) is 9.59 Å². The molecule has 0 unspecified atom stereocenters. The number of hydrogen-bond donors (Lipinski definition) is 2. The monoisotopic (exact) mass is 372 g/mol. The molecule has 4 rings (SSSR count). The summed E-state index contributed by atoms with van der Waals surface area (Å²) < 4.78 is 0. The number of nitrogens with zero attached hydrogens (tertiary/aromatic N) is 2. The quantitative estimate of drug-likeness (QED) is 0.693. The maximum Gasteiger partial charge on any atom is 0.256 e. The van der Waals surface area contributed by atoms with Crippen LogP contribution in [0.25, 0.3) is 11.3 Å². The van der Waals surface area contributed by atoms with Gasteiger partial charge in [0.05, 0.1) is 5.69 Å². The number of amides is 2. The Balaban J connectivity index is 1.44. The zero-order valence-corrected chi connectivity index (χ0v) is 15.3. The van der Waals surface area contributed by atoms with Gasteiger partial charge in [0.25, 0.3) is 11.8 Å². The maximum atomic E-state index is 12.3. The Kier molecular flexibility index (Phi) is 5.10. The van der Waals surface area contributed by atoms with E-state index in [4.69, 9.17) is 0 Å². The van der Waals surface area contributed by atoms with Crippen molar-refractivity contribution < 1.29 is 9.59 Å². The van der Waals surface area contributed by atoms with Gasteiger partial charge in [-0.15, -0.1) is 0 Å². The van der Waals surface area contributed by atoms with Crippen LogP contribution in [0.15, 0.2) is 67.0 Å². The van der Waals surface area contributed by atoms with E-state index in [0.29, 0.717) is 28.6 Å². The number of pyridine rings is 2. The molecule has 1 saturated carbocycles. The Hall–Kier alpha value is -3.54. The van der Waals surface area contributed by atoms with Gasteiger partial charge in [0.2, 0.25) is 0 Å². The summed E-state index contributed by atoms with van der Waals surface area (Å²) in [5, 5.41) is 5.72. The molecule has 140 valence electrons. The van der Waals surface area contributed by atoms with Gasteiger partial charge in [-0.05, 0) is 55.2 Å². The molecule has 6 heteroatoms. The van der Waals surface area contributed by atoms with Gasteiger partial charge in [0.15, 0.2) is 0 Å². The molecule has 2 amide bonds. The fourth-order valence-corrected chi connectivity index (χ4v) is 2.79. The van der Waals surface area contributed by atoms with Crippen LogP contribution in [0.4, 0.5) is 5.82 Å². The second-order valence-electron chi connectivity index (χ2n) is 6.84. The minimum absolute atomic E-state index is 0.0877. The van der Waals surface area contributed by atoms with Crippen LogP contribution in [-0.4, -0.2) is 28.3 Å². The Morgan fingerprint density at radius 3 is 2.46 bits per heavy atom. The third-order valence-corrected chi connectivity index (χ3v) is 4.61. The molecule has 0 saturated heterocycles. The fourth-order valence-electron chi connectivity index (χ4n) is 2.79. The van der Waals surface area contributed by atoms with Crippen molar-refractivity contribution in [1.29, 1.82) is 0 Å². The van der Waals surface area contributed by atoms with Gasteiger partial charge in [-0.1, -0.05) is 18.2 Å². The Bertz CT molecular complexity index is 983. The van der Waals surface area contributed by atoms with E-state index in [2.05, 4.69) is 20.6 Å². The second-order valence-corrected chi connectivity index (χ2v) is 6.84. The molecule has 1 aromatic carbocycles. The van der Waals surface area contributed by atoms with E-state index in [0.717, 1.165) is 12.1 Å². The second kappa shape index (κ2) is 8.00. The summed E-state index contributed by atoms with van der Waals surface area (Å²) in [7, 11) is 0. The largest absolute Gasteiger partial charge is 0.352 e. The molecule has 28 heavy (non-hydrogen) atoms. The van der Waals surface area contributed by atoms with Crippen LogP contribution < -0.4 is 10.6 Å². The summed E-state index contributed by atoms with van der Waals surface area (Å²) in [6.45, 7) is 0.730. The number of carbonyl (C=O) groups excluding carboxylic acids is 2. The standard InChI is InChI=1S/C22H20N4O2/c27-21(25-13-15-6-7-15)17-10-11-23-19(12-17)18-8-9-20(24-14-18)26-22(28)16-4-2-1-3-5-16/h1-5,8-12,14-15H,6-7,13H2,(H,25,27)(H,24,26,28). The molecule has 6 nitrogen and oxygen atoms in total. The van der Waals surface area contributed by atoms with Crippen molar-refractivity contribution in [3.05, 3.63) is 78.1 Å². The summed E-state index contributed by atoms with van der Waals surface area (Å²) in [5.41, 5.74) is 2.58. The molecule has 0 bridgehead atoms. The summed E-state index contributed by atoms with van der Waals surface area (Å²) in [6, 6.07) is 16.0. The Labute approximate surface area is 163 Å². The first-order valence-corrected chi connectivity index (χ1v) is 9.26.